The molecule has 2 heterocycles. The lowest BCUT2D eigenvalue weighted by atomic mass is 10.0. The van der Waals surface area contributed by atoms with Crippen LogP contribution in [-0.4, -0.2) is 35.0 Å². The molecule has 1 aromatic heterocycles. The highest BCUT2D eigenvalue weighted by Gasteiger charge is 2.34. The quantitative estimate of drug-likeness (QED) is 0.686. The fourth-order valence-corrected chi connectivity index (χ4v) is 3.38. The van der Waals surface area contributed by atoms with Crippen LogP contribution in [0.4, 0.5) is 5.69 Å². The fourth-order valence-electron chi connectivity index (χ4n) is 3.38. The van der Waals surface area contributed by atoms with Crippen molar-refractivity contribution in [2.45, 2.75) is 26.3 Å². The highest BCUT2D eigenvalue weighted by atomic mass is 16.2. The van der Waals surface area contributed by atoms with Gasteiger partial charge in [0, 0.05) is 39.3 Å². The molecule has 0 saturated heterocycles. The van der Waals surface area contributed by atoms with Gasteiger partial charge in [0.25, 0.3) is 5.91 Å². The number of aromatic amines is 1. The number of carbonyl (C=O) groups excluding carboxylic acids is 1. The summed E-state index contributed by atoms with van der Waals surface area (Å²) in [5.41, 5.74) is 4.82. The first-order valence-corrected chi connectivity index (χ1v) is 9.26. The van der Waals surface area contributed by atoms with Crippen molar-refractivity contribution in [1.82, 2.24) is 9.88 Å². The molecule has 1 aliphatic heterocycles. The van der Waals surface area contributed by atoms with E-state index < -0.39 is 0 Å². The van der Waals surface area contributed by atoms with E-state index in [0.717, 1.165) is 33.3 Å². The number of carbonyl (C=O) groups is 1. The second-order valence-electron chi connectivity index (χ2n) is 8.11. The van der Waals surface area contributed by atoms with Crippen LogP contribution >= 0.6 is 0 Å². The normalized spacial score (nSPS) is 16.0. The van der Waals surface area contributed by atoms with Crippen LogP contribution in [0.1, 0.15) is 31.9 Å². The van der Waals surface area contributed by atoms with Gasteiger partial charge in [0.2, 0.25) is 0 Å². The molecule has 0 saturated carbocycles. The number of fused-ring (bicyclic) bond motifs is 2. The number of para-hydroxylation sites is 2. The summed E-state index contributed by atoms with van der Waals surface area (Å²) in [5, 5.41) is 1.13. The Morgan fingerprint density at radius 3 is 2.56 bits per heavy atom. The molecule has 0 bridgehead atoms. The standard InChI is InChI=1S/C23H25N3O/c1-23(2,3)25(4)15-26-21-12-8-6-10-18(21)19(22(26)27)13-16-14-24-20-11-7-5-9-17(16)20/h5-14,24H,15H2,1-4H3/b19-13+. The van der Waals surface area contributed by atoms with Crippen LogP contribution in [0.5, 0.6) is 0 Å². The first-order valence-electron chi connectivity index (χ1n) is 9.26. The second-order valence-corrected chi connectivity index (χ2v) is 8.11. The maximum absolute atomic E-state index is 13.3. The lowest BCUT2D eigenvalue weighted by Crippen LogP contribution is -2.46. The Morgan fingerprint density at radius 1 is 1.07 bits per heavy atom. The molecule has 0 unspecified atom stereocenters. The van der Waals surface area contributed by atoms with Crippen LogP contribution < -0.4 is 4.90 Å². The summed E-state index contributed by atoms with van der Waals surface area (Å²) < 4.78 is 0. The highest BCUT2D eigenvalue weighted by Crippen LogP contribution is 2.38. The van der Waals surface area contributed by atoms with Crippen LogP contribution in [0.25, 0.3) is 22.6 Å². The van der Waals surface area contributed by atoms with Crippen LogP contribution in [0.3, 0.4) is 0 Å². The van der Waals surface area contributed by atoms with E-state index in [1.54, 1.807) is 0 Å². The SMILES string of the molecule is CN(CN1C(=O)/C(=C/c2c[nH]c3ccccc23)c2ccccc21)C(C)(C)C. The van der Waals surface area contributed by atoms with E-state index in [1.165, 1.54) is 0 Å². The summed E-state index contributed by atoms with van der Waals surface area (Å²) in [4.78, 5) is 20.7. The predicted octanol–water partition coefficient (Wildman–Crippen LogP) is 4.74. The Labute approximate surface area is 160 Å². The number of hydrogen-bond donors (Lipinski definition) is 1. The molecule has 1 aliphatic rings. The van der Waals surface area contributed by atoms with E-state index in [2.05, 4.69) is 43.8 Å². The maximum Gasteiger partial charge on any atom is 0.260 e. The Kier molecular flexibility index (Phi) is 4.16. The van der Waals surface area contributed by atoms with Gasteiger partial charge in [0.05, 0.1) is 12.4 Å². The van der Waals surface area contributed by atoms with Crippen molar-refractivity contribution in [3.8, 4) is 0 Å². The van der Waals surface area contributed by atoms with Crippen LogP contribution in [0, 0.1) is 0 Å². The van der Waals surface area contributed by atoms with Crippen molar-refractivity contribution >= 4 is 34.1 Å². The number of aromatic nitrogens is 1. The number of rotatable bonds is 3. The van der Waals surface area contributed by atoms with Crippen molar-refractivity contribution in [3.05, 3.63) is 65.9 Å². The maximum atomic E-state index is 13.3. The summed E-state index contributed by atoms with van der Waals surface area (Å²) >= 11 is 0. The molecule has 138 valence electrons. The molecule has 1 amide bonds. The zero-order chi connectivity index (χ0) is 19.2. The van der Waals surface area contributed by atoms with Gasteiger partial charge in [-0.25, -0.2) is 0 Å². The summed E-state index contributed by atoms with van der Waals surface area (Å²) in [5.74, 6) is 0.0533. The molecule has 0 spiro atoms. The Morgan fingerprint density at radius 2 is 1.78 bits per heavy atom. The number of benzene rings is 2. The average Bonchev–Trinajstić information content (AvgIpc) is 3.16. The molecule has 3 aromatic rings. The average molecular weight is 359 g/mol. The molecule has 0 aliphatic carbocycles. The van der Waals surface area contributed by atoms with Gasteiger partial charge >= 0.3 is 0 Å². The highest BCUT2D eigenvalue weighted by molar-refractivity contribution is 6.36. The van der Waals surface area contributed by atoms with Gasteiger partial charge in [-0.15, -0.1) is 0 Å². The third-order valence-electron chi connectivity index (χ3n) is 5.38. The van der Waals surface area contributed by atoms with E-state index >= 15 is 0 Å². The molecule has 4 heteroatoms. The number of amides is 1. The fraction of sp³-hybridized carbons (Fsp3) is 0.261. The van der Waals surface area contributed by atoms with E-state index in [1.807, 2.05) is 59.6 Å². The monoisotopic (exact) mass is 359 g/mol. The van der Waals surface area contributed by atoms with Crippen molar-refractivity contribution in [1.29, 1.82) is 0 Å². The van der Waals surface area contributed by atoms with Crippen LogP contribution in [0.2, 0.25) is 0 Å². The molecule has 0 radical (unpaired) electrons. The first kappa shape index (κ1) is 17.6. The van der Waals surface area contributed by atoms with Crippen molar-refractivity contribution in [3.63, 3.8) is 0 Å². The Hall–Kier alpha value is -2.85. The van der Waals surface area contributed by atoms with Crippen LogP contribution in [0.15, 0.2) is 54.7 Å². The minimum atomic E-state index is -0.0153. The largest absolute Gasteiger partial charge is 0.361 e. The summed E-state index contributed by atoms with van der Waals surface area (Å²) in [7, 11) is 2.05. The predicted molar refractivity (Wildman–Crippen MR) is 112 cm³/mol. The van der Waals surface area contributed by atoms with Crippen LogP contribution in [-0.2, 0) is 4.79 Å². The minimum Gasteiger partial charge on any atom is -0.361 e. The number of H-pyrrole nitrogens is 1. The Bertz CT molecular complexity index is 1040. The second kappa shape index (κ2) is 6.39. The van der Waals surface area contributed by atoms with Gasteiger partial charge in [0.15, 0.2) is 0 Å². The first-order chi connectivity index (χ1) is 12.9. The topological polar surface area (TPSA) is 39.3 Å². The molecule has 4 nitrogen and oxygen atoms in total. The van der Waals surface area contributed by atoms with Gasteiger partial charge in [-0.05, 0) is 46.0 Å². The number of nitrogens with zero attached hydrogens (tertiary/aromatic N) is 2. The van der Waals surface area contributed by atoms with Gasteiger partial charge in [-0.2, -0.15) is 0 Å². The van der Waals surface area contributed by atoms with E-state index in [-0.39, 0.29) is 11.4 Å². The van der Waals surface area contributed by atoms with Gasteiger partial charge < -0.3 is 4.98 Å². The molecule has 4 rings (SSSR count). The zero-order valence-electron chi connectivity index (χ0n) is 16.3. The molecule has 0 atom stereocenters. The molecule has 27 heavy (non-hydrogen) atoms. The van der Waals surface area contributed by atoms with Gasteiger partial charge in [0.1, 0.15) is 0 Å². The Balaban J connectivity index is 1.77. The molecule has 1 N–H and O–H groups in total. The smallest absolute Gasteiger partial charge is 0.260 e. The molecule has 2 aromatic carbocycles. The third kappa shape index (κ3) is 3.06. The minimum absolute atomic E-state index is 0.0153. The van der Waals surface area contributed by atoms with E-state index in [9.17, 15) is 4.79 Å². The summed E-state index contributed by atoms with van der Waals surface area (Å²) in [6.07, 6.45) is 3.98. The van der Waals surface area contributed by atoms with Crippen molar-refractivity contribution in [2.75, 3.05) is 18.6 Å². The molecular weight excluding hydrogens is 334 g/mol. The summed E-state index contributed by atoms with van der Waals surface area (Å²) in [6, 6.07) is 16.2. The lowest BCUT2D eigenvalue weighted by Gasteiger charge is -2.35. The van der Waals surface area contributed by atoms with Crippen molar-refractivity contribution in [2.24, 2.45) is 0 Å². The number of nitrogens with one attached hydrogen (secondary N) is 1. The van der Waals surface area contributed by atoms with Gasteiger partial charge in [-0.1, -0.05) is 36.4 Å². The molecule has 0 fully saturated rings. The zero-order valence-corrected chi connectivity index (χ0v) is 16.3. The van der Waals surface area contributed by atoms with E-state index in [0.29, 0.717) is 6.67 Å². The number of hydrogen-bond acceptors (Lipinski definition) is 2. The van der Waals surface area contributed by atoms with Crippen molar-refractivity contribution < 1.29 is 4.79 Å². The summed E-state index contributed by atoms with van der Waals surface area (Å²) in [6.45, 7) is 7.02. The number of anilines is 1. The van der Waals surface area contributed by atoms with Gasteiger partial charge in [-0.3, -0.25) is 14.6 Å². The third-order valence-corrected chi connectivity index (χ3v) is 5.38. The van der Waals surface area contributed by atoms with E-state index in [4.69, 9.17) is 0 Å². The molecular formula is C23H25N3O. The lowest BCUT2D eigenvalue weighted by molar-refractivity contribution is -0.113.